The minimum absolute atomic E-state index is 0.0599. The zero-order valence-electron chi connectivity index (χ0n) is 7.39. The predicted molar refractivity (Wildman–Crippen MR) is 43.6 cm³/mol. The van der Waals surface area contributed by atoms with Crippen molar-refractivity contribution in [3.63, 3.8) is 0 Å². The summed E-state index contributed by atoms with van der Waals surface area (Å²) in [6.45, 7) is 1.62. The second-order valence-corrected chi connectivity index (χ2v) is 3.23. The summed E-state index contributed by atoms with van der Waals surface area (Å²) in [5.41, 5.74) is 0.957. The number of carbonyl (C=O) groups excluding carboxylic acids is 1. The first-order valence-electron chi connectivity index (χ1n) is 4.21. The Balaban J connectivity index is 2.61. The number of ketones is 1. The molecule has 0 aliphatic heterocycles. The van der Waals surface area contributed by atoms with E-state index >= 15 is 0 Å². The third-order valence-electron chi connectivity index (χ3n) is 2.30. The van der Waals surface area contributed by atoms with Crippen LogP contribution in [0.4, 0.5) is 8.78 Å². The van der Waals surface area contributed by atoms with Crippen LogP contribution in [-0.2, 0) is 4.79 Å². The van der Waals surface area contributed by atoms with Crippen molar-refractivity contribution in [3.8, 4) is 0 Å². The van der Waals surface area contributed by atoms with Gasteiger partial charge in [-0.1, -0.05) is 0 Å². The summed E-state index contributed by atoms with van der Waals surface area (Å²) in [6.07, 6.45) is -3.29. The van der Waals surface area contributed by atoms with Crippen LogP contribution in [-0.4, -0.2) is 23.4 Å². The average Bonchev–Trinajstić information content (AvgIpc) is 2.24. The molecule has 0 saturated heterocycles. The summed E-state index contributed by atoms with van der Waals surface area (Å²) in [4.78, 5) is 11.1. The molecule has 1 aliphatic rings. The average molecular weight is 190 g/mol. The van der Waals surface area contributed by atoms with Crippen LogP contribution in [0.1, 0.15) is 26.2 Å². The van der Waals surface area contributed by atoms with Gasteiger partial charge in [-0.25, -0.2) is 8.78 Å². The largest absolute Gasteiger partial charge is 0.388 e. The molecule has 0 spiro atoms. The van der Waals surface area contributed by atoms with E-state index < -0.39 is 12.5 Å². The van der Waals surface area contributed by atoms with Gasteiger partial charge in [0, 0.05) is 12.8 Å². The molecule has 0 aromatic heterocycles. The lowest BCUT2D eigenvalue weighted by molar-refractivity contribution is -0.116. The number of hydrogen-bond acceptors (Lipinski definition) is 2. The standard InChI is InChI=1S/C9H12F2O2/c1-5-6(2-3-9(10)11)8(13)4-7(5)12/h7,9,12H,2-4H2,1H3. The van der Waals surface area contributed by atoms with Gasteiger partial charge >= 0.3 is 0 Å². The van der Waals surface area contributed by atoms with E-state index in [2.05, 4.69) is 0 Å². The Morgan fingerprint density at radius 1 is 1.62 bits per heavy atom. The maximum Gasteiger partial charge on any atom is 0.239 e. The lowest BCUT2D eigenvalue weighted by Gasteiger charge is -2.02. The van der Waals surface area contributed by atoms with Crippen LogP contribution < -0.4 is 0 Å². The lowest BCUT2D eigenvalue weighted by Crippen LogP contribution is -2.03. The third kappa shape index (κ3) is 2.34. The Kier molecular flexibility index (Phi) is 3.14. The number of aliphatic hydroxyl groups is 1. The maximum absolute atomic E-state index is 11.8. The molecule has 0 bridgehead atoms. The van der Waals surface area contributed by atoms with Crippen molar-refractivity contribution in [2.75, 3.05) is 0 Å². The van der Waals surface area contributed by atoms with Gasteiger partial charge in [0.2, 0.25) is 6.43 Å². The van der Waals surface area contributed by atoms with Gasteiger partial charge in [-0.05, 0) is 24.5 Å². The predicted octanol–water partition coefficient (Wildman–Crippen LogP) is 1.68. The summed E-state index contributed by atoms with van der Waals surface area (Å²) in [6, 6.07) is 0. The lowest BCUT2D eigenvalue weighted by atomic mass is 10.1. The molecule has 1 N–H and O–H groups in total. The fourth-order valence-corrected chi connectivity index (χ4v) is 1.46. The van der Waals surface area contributed by atoms with Crippen LogP contribution in [0.15, 0.2) is 11.1 Å². The number of alkyl halides is 2. The van der Waals surface area contributed by atoms with E-state index in [0.717, 1.165) is 0 Å². The molecule has 1 unspecified atom stereocenters. The van der Waals surface area contributed by atoms with Crippen LogP contribution in [0, 0.1) is 0 Å². The van der Waals surface area contributed by atoms with Gasteiger partial charge in [0.25, 0.3) is 0 Å². The van der Waals surface area contributed by atoms with Crippen LogP contribution >= 0.6 is 0 Å². The Bertz CT molecular complexity index is 246. The molecule has 1 aliphatic carbocycles. The molecule has 2 nitrogen and oxygen atoms in total. The highest BCUT2D eigenvalue weighted by molar-refractivity contribution is 5.99. The van der Waals surface area contributed by atoms with Crippen LogP contribution in [0.2, 0.25) is 0 Å². The number of aliphatic hydroxyl groups excluding tert-OH is 1. The summed E-state index contributed by atoms with van der Waals surface area (Å²) < 4.78 is 23.7. The van der Waals surface area contributed by atoms with Crippen molar-refractivity contribution < 1.29 is 18.7 Å². The minimum atomic E-state index is -2.38. The Hall–Kier alpha value is -0.770. The van der Waals surface area contributed by atoms with E-state index in [1.54, 1.807) is 6.92 Å². The van der Waals surface area contributed by atoms with E-state index in [9.17, 15) is 18.7 Å². The summed E-state index contributed by atoms with van der Waals surface area (Å²) in [7, 11) is 0. The molecular weight excluding hydrogens is 178 g/mol. The molecule has 0 radical (unpaired) electrons. The van der Waals surface area contributed by atoms with E-state index in [4.69, 9.17) is 0 Å². The quantitative estimate of drug-likeness (QED) is 0.735. The molecule has 1 rings (SSSR count). The summed E-state index contributed by atoms with van der Waals surface area (Å²) in [5, 5.41) is 9.24. The first kappa shape index (κ1) is 10.3. The summed E-state index contributed by atoms with van der Waals surface area (Å²) in [5.74, 6) is -0.189. The molecule has 0 aromatic rings. The van der Waals surface area contributed by atoms with Gasteiger partial charge in [0.15, 0.2) is 5.78 Å². The van der Waals surface area contributed by atoms with Gasteiger partial charge in [-0.3, -0.25) is 4.79 Å². The van der Waals surface area contributed by atoms with Crippen molar-refractivity contribution in [2.24, 2.45) is 0 Å². The zero-order chi connectivity index (χ0) is 10.0. The topological polar surface area (TPSA) is 37.3 Å². The van der Waals surface area contributed by atoms with Gasteiger partial charge < -0.3 is 5.11 Å². The monoisotopic (exact) mass is 190 g/mol. The number of carbonyl (C=O) groups is 1. The molecule has 74 valence electrons. The van der Waals surface area contributed by atoms with Crippen LogP contribution in [0.5, 0.6) is 0 Å². The second-order valence-electron chi connectivity index (χ2n) is 3.23. The zero-order valence-corrected chi connectivity index (χ0v) is 7.39. The molecule has 0 saturated carbocycles. The number of halogens is 2. The van der Waals surface area contributed by atoms with Gasteiger partial charge in [0.1, 0.15) is 0 Å². The maximum atomic E-state index is 11.8. The highest BCUT2D eigenvalue weighted by atomic mass is 19.3. The van der Waals surface area contributed by atoms with Crippen molar-refractivity contribution >= 4 is 5.78 Å². The highest BCUT2D eigenvalue weighted by Crippen LogP contribution is 2.27. The smallest absolute Gasteiger partial charge is 0.239 e. The summed E-state index contributed by atoms with van der Waals surface area (Å²) >= 11 is 0. The molecular formula is C9H12F2O2. The number of allylic oxidation sites excluding steroid dienone is 1. The molecule has 0 amide bonds. The van der Waals surface area contributed by atoms with E-state index in [-0.39, 0.29) is 25.0 Å². The number of hydrogen-bond donors (Lipinski definition) is 1. The van der Waals surface area contributed by atoms with E-state index in [0.29, 0.717) is 11.1 Å². The van der Waals surface area contributed by atoms with Crippen LogP contribution in [0.3, 0.4) is 0 Å². The number of rotatable bonds is 3. The SMILES string of the molecule is CC1=C(CCC(F)F)C(=O)CC1O. The Morgan fingerprint density at radius 3 is 2.62 bits per heavy atom. The second kappa shape index (κ2) is 3.96. The first-order valence-corrected chi connectivity index (χ1v) is 4.21. The van der Waals surface area contributed by atoms with E-state index in [1.807, 2.05) is 0 Å². The van der Waals surface area contributed by atoms with Gasteiger partial charge in [-0.2, -0.15) is 0 Å². The highest BCUT2D eigenvalue weighted by Gasteiger charge is 2.27. The van der Waals surface area contributed by atoms with Crippen molar-refractivity contribution in [1.29, 1.82) is 0 Å². The molecule has 4 heteroatoms. The fraction of sp³-hybridized carbons (Fsp3) is 0.667. The van der Waals surface area contributed by atoms with Crippen molar-refractivity contribution in [2.45, 2.75) is 38.7 Å². The molecule has 0 heterocycles. The van der Waals surface area contributed by atoms with E-state index in [1.165, 1.54) is 0 Å². The normalized spacial score (nSPS) is 23.5. The molecule has 1 atom stereocenters. The molecule has 0 aromatic carbocycles. The third-order valence-corrected chi connectivity index (χ3v) is 2.30. The minimum Gasteiger partial charge on any atom is -0.388 e. The molecule has 13 heavy (non-hydrogen) atoms. The first-order chi connectivity index (χ1) is 6.02. The Morgan fingerprint density at radius 2 is 2.23 bits per heavy atom. The van der Waals surface area contributed by atoms with Gasteiger partial charge in [-0.15, -0.1) is 0 Å². The van der Waals surface area contributed by atoms with Gasteiger partial charge in [0.05, 0.1) is 6.10 Å². The molecule has 0 fully saturated rings. The van der Waals surface area contributed by atoms with Crippen LogP contribution in [0.25, 0.3) is 0 Å². The number of Topliss-reactive ketones (excluding diaryl/α,β-unsaturated/α-hetero) is 1. The fourth-order valence-electron chi connectivity index (χ4n) is 1.46. The van der Waals surface area contributed by atoms with Crippen molar-refractivity contribution in [3.05, 3.63) is 11.1 Å². The Labute approximate surface area is 75.3 Å². The van der Waals surface area contributed by atoms with Crippen molar-refractivity contribution in [1.82, 2.24) is 0 Å².